The molecule has 0 aromatic heterocycles. The molecule has 0 saturated carbocycles. The van der Waals surface area contributed by atoms with E-state index < -0.39 is 0 Å². The number of rotatable bonds is 27. The standard InChI is InChI=1S/C34H66O4/c1-7-11-23-30(9-3)27-37-33(35)26-22-20-18-16-14-13-15-17-19-21-25-32(29(5)6)34(36)38-28-31(10-4)24-12-8-2/h29-32H,7-28H2,1-6H3. The lowest BCUT2D eigenvalue weighted by atomic mass is 9.90. The zero-order valence-electron chi connectivity index (χ0n) is 26.5. The van der Waals surface area contributed by atoms with Crippen LogP contribution in [0.5, 0.6) is 0 Å². The minimum absolute atomic E-state index is 0.00922. The summed E-state index contributed by atoms with van der Waals surface area (Å²) in [5.41, 5.74) is 0. The monoisotopic (exact) mass is 538 g/mol. The van der Waals surface area contributed by atoms with Crippen LogP contribution >= 0.6 is 0 Å². The van der Waals surface area contributed by atoms with Crippen molar-refractivity contribution >= 4 is 11.9 Å². The van der Waals surface area contributed by atoms with Gasteiger partial charge in [0.25, 0.3) is 0 Å². The van der Waals surface area contributed by atoms with Crippen LogP contribution in [0.4, 0.5) is 0 Å². The Morgan fingerprint density at radius 2 is 1.00 bits per heavy atom. The maximum absolute atomic E-state index is 12.7. The number of hydrogen-bond acceptors (Lipinski definition) is 4. The Labute approximate surface area is 237 Å². The summed E-state index contributed by atoms with van der Waals surface area (Å²) in [6.07, 6.45) is 23.0. The number of esters is 2. The minimum atomic E-state index is -0.00922. The van der Waals surface area contributed by atoms with Crippen molar-refractivity contribution in [3.8, 4) is 0 Å². The van der Waals surface area contributed by atoms with Crippen molar-refractivity contribution in [2.24, 2.45) is 23.7 Å². The Balaban J connectivity index is 3.75. The number of carbonyl (C=O) groups is 2. The highest BCUT2D eigenvalue weighted by Gasteiger charge is 2.24. The van der Waals surface area contributed by atoms with Crippen molar-refractivity contribution < 1.29 is 19.1 Å². The van der Waals surface area contributed by atoms with Crippen molar-refractivity contribution in [2.45, 2.75) is 170 Å². The lowest BCUT2D eigenvalue weighted by molar-refractivity contribution is -0.152. The van der Waals surface area contributed by atoms with Gasteiger partial charge in [0.1, 0.15) is 0 Å². The molecule has 3 unspecified atom stereocenters. The highest BCUT2D eigenvalue weighted by molar-refractivity contribution is 5.72. The van der Waals surface area contributed by atoms with E-state index in [1.54, 1.807) is 0 Å². The summed E-state index contributed by atoms with van der Waals surface area (Å²) < 4.78 is 11.3. The topological polar surface area (TPSA) is 52.6 Å². The number of carbonyl (C=O) groups excluding carboxylic acids is 2. The fourth-order valence-corrected chi connectivity index (χ4v) is 5.16. The van der Waals surface area contributed by atoms with Crippen LogP contribution in [-0.4, -0.2) is 25.2 Å². The zero-order valence-corrected chi connectivity index (χ0v) is 26.5. The van der Waals surface area contributed by atoms with Crippen LogP contribution in [0.2, 0.25) is 0 Å². The molecule has 0 saturated heterocycles. The third-order valence-corrected chi connectivity index (χ3v) is 8.28. The zero-order chi connectivity index (χ0) is 28.4. The molecular formula is C34H66O4. The summed E-state index contributed by atoms with van der Waals surface area (Å²) in [5, 5.41) is 0. The van der Waals surface area contributed by atoms with Crippen molar-refractivity contribution in [1.29, 1.82) is 0 Å². The molecule has 0 bridgehead atoms. The van der Waals surface area contributed by atoms with Crippen molar-refractivity contribution in [2.75, 3.05) is 13.2 Å². The normalized spacial score (nSPS) is 13.9. The highest BCUT2D eigenvalue weighted by Crippen LogP contribution is 2.23. The van der Waals surface area contributed by atoms with Gasteiger partial charge in [-0.15, -0.1) is 0 Å². The van der Waals surface area contributed by atoms with E-state index in [4.69, 9.17) is 9.47 Å². The molecule has 0 aromatic rings. The van der Waals surface area contributed by atoms with Crippen LogP contribution in [0.3, 0.4) is 0 Å². The molecule has 38 heavy (non-hydrogen) atoms. The van der Waals surface area contributed by atoms with E-state index >= 15 is 0 Å². The molecule has 0 aliphatic carbocycles. The van der Waals surface area contributed by atoms with Crippen molar-refractivity contribution in [3.05, 3.63) is 0 Å². The second-order valence-electron chi connectivity index (χ2n) is 12.1. The molecule has 4 heteroatoms. The van der Waals surface area contributed by atoms with Crippen LogP contribution in [0.15, 0.2) is 0 Å². The van der Waals surface area contributed by atoms with Gasteiger partial charge in [-0.05, 0) is 43.4 Å². The van der Waals surface area contributed by atoms with E-state index in [9.17, 15) is 9.59 Å². The first-order valence-corrected chi connectivity index (χ1v) is 16.7. The van der Waals surface area contributed by atoms with Gasteiger partial charge in [-0.3, -0.25) is 9.59 Å². The predicted molar refractivity (Wildman–Crippen MR) is 162 cm³/mol. The van der Waals surface area contributed by atoms with Gasteiger partial charge in [0.2, 0.25) is 0 Å². The van der Waals surface area contributed by atoms with Crippen molar-refractivity contribution in [1.82, 2.24) is 0 Å². The number of unbranched alkanes of at least 4 members (excludes halogenated alkanes) is 11. The number of hydrogen-bond donors (Lipinski definition) is 0. The molecule has 0 aliphatic rings. The van der Waals surface area contributed by atoms with Gasteiger partial charge in [-0.25, -0.2) is 0 Å². The van der Waals surface area contributed by atoms with Crippen molar-refractivity contribution in [3.63, 3.8) is 0 Å². The highest BCUT2D eigenvalue weighted by atomic mass is 16.5. The quantitative estimate of drug-likeness (QED) is 0.0771. The van der Waals surface area contributed by atoms with E-state index in [1.165, 1.54) is 83.5 Å². The summed E-state index contributed by atoms with van der Waals surface area (Å²) in [6.45, 7) is 14.3. The molecule has 226 valence electrons. The molecule has 0 heterocycles. The third kappa shape index (κ3) is 20.8. The first-order valence-electron chi connectivity index (χ1n) is 16.7. The Morgan fingerprint density at radius 1 is 0.553 bits per heavy atom. The second-order valence-corrected chi connectivity index (χ2v) is 12.1. The van der Waals surface area contributed by atoms with E-state index in [1.807, 2.05) is 0 Å². The summed E-state index contributed by atoms with van der Waals surface area (Å²) in [7, 11) is 0. The maximum atomic E-state index is 12.7. The Hall–Kier alpha value is -1.06. The van der Waals surface area contributed by atoms with Crippen LogP contribution in [0.25, 0.3) is 0 Å². The molecule has 4 nitrogen and oxygen atoms in total. The average Bonchev–Trinajstić information content (AvgIpc) is 2.91. The Kier molecular flexibility index (Phi) is 25.4. The van der Waals surface area contributed by atoms with E-state index in [0.717, 1.165) is 38.5 Å². The van der Waals surface area contributed by atoms with Crippen LogP contribution < -0.4 is 0 Å². The first-order chi connectivity index (χ1) is 18.4. The fourth-order valence-electron chi connectivity index (χ4n) is 5.16. The van der Waals surface area contributed by atoms with E-state index in [2.05, 4.69) is 41.5 Å². The lowest BCUT2D eigenvalue weighted by Gasteiger charge is -2.21. The molecule has 0 aliphatic heterocycles. The summed E-state index contributed by atoms with van der Waals surface area (Å²) >= 11 is 0. The van der Waals surface area contributed by atoms with Gasteiger partial charge >= 0.3 is 11.9 Å². The van der Waals surface area contributed by atoms with E-state index in [-0.39, 0.29) is 17.9 Å². The van der Waals surface area contributed by atoms with Crippen LogP contribution in [0, 0.1) is 23.7 Å². The molecule has 3 atom stereocenters. The van der Waals surface area contributed by atoms with Crippen LogP contribution in [0.1, 0.15) is 170 Å². The third-order valence-electron chi connectivity index (χ3n) is 8.28. The molecule has 0 amide bonds. The lowest BCUT2D eigenvalue weighted by Crippen LogP contribution is -2.25. The summed E-state index contributed by atoms with van der Waals surface area (Å²) in [6, 6.07) is 0. The number of ether oxygens (including phenoxy) is 2. The largest absolute Gasteiger partial charge is 0.465 e. The molecule has 0 spiro atoms. The van der Waals surface area contributed by atoms with Gasteiger partial charge in [-0.2, -0.15) is 0 Å². The van der Waals surface area contributed by atoms with Gasteiger partial charge in [0.15, 0.2) is 0 Å². The SMILES string of the molecule is CCCCC(CC)COC(=O)CCCCCCCCCCCCC(C(=O)OCC(CC)CCCC)C(C)C. The molecule has 0 aromatic carbocycles. The van der Waals surface area contributed by atoms with Gasteiger partial charge in [0, 0.05) is 6.42 Å². The molecular weight excluding hydrogens is 472 g/mol. The second kappa shape index (κ2) is 26.2. The van der Waals surface area contributed by atoms with Crippen LogP contribution in [-0.2, 0) is 19.1 Å². The maximum Gasteiger partial charge on any atom is 0.309 e. The Morgan fingerprint density at radius 3 is 1.45 bits per heavy atom. The molecule has 0 radical (unpaired) electrons. The summed E-state index contributed by atoms with van der Waals surface area (Å²) in [5.74, 6) is 1.46. The molecule has 0 rings (SSSR count). The van der Waals surface area contributed by atoms with E-state index in [0.29, 0.717) is 37.4 Å². The fraction of sp³-hybridized carbons (Fsp3) is 0.941. The van der Waals surface area contributed by atoms with Gasteiger partial charge in [0.05, 0.1) is 19.1 Å². The molecule has 0 N–H and O–H groups in total. The Bertz CT molecular complexity index is 545. The smallest absolute Gasteiger partial charge is 0.309 e. The predicted octanol–water partition coefficient (Wildman–Crippen LogP) is 10.5. The first kappa shape index (κ1) is 36.9. The average molecular weight is 539 g/mol. The van der Waals surface area contributed by atoms with Gasteiger partial charge in [-0.1, -0.05) is 138 Å². The van der Waals surface area contributed by atoms with Gasteiger partial charge < -0.3 is 9.47 Å². The summed E-state index contributed by atoms with van der Waals surface area (Å²) in [4.78, 5) is 24.7. The minimum Gasteiger partial charge on any atom is -0.465 e. The molecule has 0 fully saturated rings.